The highest BCUT2D eigenvalue weighted by Crippen LogP contribution is 2.28. The third kappa shape index (κ3) is 4.60. The van der Waals surface area contributed by atoms with Crippen LogP contribution in [0.1, 0.15) is 20.7 Å². The van der Waals surface area contributed by atoms with Crippen LogP contribution in [0.4, 0.5) is 5.69 Å². The Bertz CT molecular complexity index is 1310. The maximum atomic E-state index is 13.2. The highest BCUT2D eigenvalue weighted by atomic mass is 16.5. The first-order valence-corrected chi connectivity index (χ1v) is 11.1. The van der Waals surface area contributed by atoms with Gasteiger partial charge >= 0.3 is 0 Å². The predicted molar refractivity (Wildman–Crippen MR) is 128 cm³/mol. The number of nitrogens with one attached hydrogen (secondary N) is 1. The zero-order chi connectivity index (χ0) is 23.3. The first kappa shape index (κ1) is 21.6. The number of rotatable bonds is 5. The lowest BCUT2D eigenvalue weighted by Crippen LogP contribution is -2.40. The fourth-order valence-corrected chi connectivity index (χ4v) is 3.88. The van der Waals surface area contributed by atoms with Gasteiger partial charge in [-0.15, -0.1) is 0 Å². The molecule has 4 aromatic rings. The zero-order valence-electron chi connectivity index (χ0n) is 18.4. The van der Waals surface area contributed by atoms with Crippen LogP contribution in [-0.4, -0.2) is 48.0 Å². The largest absolute Gasteiger partial charge is 0.436 e. The fourth-order valence-electron chi connectivity index (χ4n) is 3.88. The van der Waals surface area contributed by atoms with E-state index in [4.69, 9.17) is 9.15 Å². The van der Waals surface area contributed by atoms with Crippen molar-refractivity contribution in [3.8, 4) is 22.8 Å². The van der Waals surface area contributed by atoms with E-state index in [0.29, 0.717) is 60.3 Å². The lowest BCUT2D eigenvalue weighted by atomic mass is 10.1. The molecule has 7 nitrogen and oxygen atoms in total. The maximum Gasteiger partial charge on any atom is 0.256 e. The minimum absolute atomic E-state index is 0.0759. The third-order valence-corrected chi connectivity index (χ3v) is 5.63. The van der Waals surface area contributed by atoms with E-state index in [1.54, 1.807) is 53.6 Å². The van der Waals surface area contributed by atoms with Gasteiger partial charge in [-0.2, -0.15) is 0 Å². The number of carbonyl (C=O) groups excluding carboxylic acids is 2. The van der Waals surface area contributed by atoms with Crippen molar-refractivity contribution in [1.29, 1.82) is 0 Å². The zero-order valence-corrected chi connectivity index (χ0v) is 18.4. The minimum Gasteiger partial charge on any atom is -0.436 e. The van der Waals surface area contributed by atoms with Crippen molar-refractivity contribution in [2.75, 3.05) is 31.6 Å². The highest BCUT2D eigenvalue weighted by molar-refractivity contribution is 6.08. The van der Waals surface area contributed by atoms with Gasteiger partial charge in [-0.1, -0.05) is 48.5 Å². The first-order valence-electron chi connectivity index (χ1n) is 11.1. The number of amides is 2. The number of hydrogen-bond donors (Lipinski definition) is 1. The molecule has 0 aliphatic carbocycles. The van der Waals surface area contributed by atoms with Gasteiger partial charge in [0.1, 0.15) is 0 Å². The van der Waals surface area contributed by atoms with Gasteiger partial charge in [-0.25, -0.2) is 4.98 Å². The molecule has 0 radical (unpaired) electrons. The van der Waals surface area contributed by atoms with Crippen LogP contribution in [0, 0.1) is 0 Å². The van der Waals surface area contributed by atoms with E-state index in [1.165, 1.54) is 0 Å². The number of morpholine rings is 1. The van der Waals surface area contributed by atoms with Crippen LogP contribution in [0.5, 0.6) is 0 Å². The number of ether oxygens (including phenoxy) is 1. The van der Waals surface area contributed by atoms with Gasteiger partial charge in [0.25, 0.3) is 11.8 Å². The van der Waals surface area contributed by atoms with Gasteiger partial charge in [0.15, 0.2) is 5.76 Å². The number of carbonyl (C=O) groups is 2. The lowest BCUT2D eigenvalue weighted by molar-refractivity contribution is 0.0303. The molecule has 170 valence electrons. The molecule has 1 aromatic heterocycles. The molecule has 34 heavy (non-hydrogen) atoms. The summed E-state index contributed by atoms with van der Waals surface area (Å²) >= 11 is 0. The number of oxazole rings is 1. The smallest absolute Gasteiger partial charge is 0.256 e. The Morgan fingerprint density at radius 2 is 1.65 bits per heavy atom. The summed E-state index contributed by atoms with van der Waals surface area (Å²) in [6.07, 6.45) is 1.65. The van der Waals surface area contributed by atoms with Crippen LogP contribution in [0.25, 0.3) is 22.8 Å². The van der Waals surface area contributed by atoms with Crippen molar-refractivity contribution in [3.63, 3.8) is 0 Å². The van der Waals surface area contributed by atoms with Crippen molar-refractivity contribution in [3.05, 3.63) is 96.2 Å². The van der Waals surface area contributed by atoms with E-state index >= 15 is 0 Å². The number of nitrogens with zero attached hydrogens (tertiary/aromatic N) is 2. The van der Waals surface area contributed by atoms with Gasteiger partial charge in [-0.3, -0.25) is 9.59 Å². The average molecular weight is 453 g/mol. The van der Waals surface area contributed by atoms with Gasteiger partial charge in [0.05, 0.1) is 25.0 Å². The van der Waals surface area contributed by atoms with Crippen molar-refractivity contribution >= 4 is 17.5 Å². The Morgan fingerprint density at radius 1 is 0.882 bits per heavy atom. The summed E-state index contributed by atoms with van der Waals surface area (Å²) in [5, 5.41) is 2.90. The SMILES string of the molecule is O=C(Nc1cccc(C(=O)N2CCOCC2)c1)c1ccccc1-c1ncc(-c2ccccc2)o1. The number of benzene rings is 3. The minimum atomic E-state index is -0.314. The first-order chi connectivity index (χ1) is 16.7. The highest BCUT2D eigenvalue weighted by Gasteiger charge is 2.20. The van der Waals surface area contributed by atoms with Gasteiger partial charge < -0.3 is 19.4 Å². The Kier molecular flexibility index (Phi) is 6.18. The molecule has 5 rings (SSSR count). The predicted octanol–water partition coefficient (Wildman–Crippen LogP) is 4.73. The Balaban J connectivity index is 1.37. The Morgan fingerprint density at radius 3 is 2.47 bits per heavy atom. The summed E-state index contributed by atoms with van der Waals surface area (Å²) in [4.78, 5) is 32.1. The molecule has 2 heterocycles. The second kappa shape index (κ2) is 9.72. The third-order valence-electron chi connectivity index (χ3n) is 5.63. The molecule has 1 N–H and O–H groups in total. The molecule has 7 heteroatoms. The van der Waals surface area contributed by atoms with Crippen LogP contribution in [0.3, 0.4) is 0 Å². The average Bonchev–Trinajstić information content (AvgIpc) is 3.40. The van der Waals surface area contributed by atoms with Gasteiger partial charge in [0, 0.05) is 35.5 Å². The van der Waals surface area contributed by atoms with Crippen LogP contribution in [0.2, 0.25) is 0 Å². The molecule has 0 atom stereocenters. The van der Waals surface area contributed by atoms with Crippen LogP contribution in [0.15, 0.2) is 89.5 Å². The lowest BCUT2D eigenvalue weighted by Gasteiger charge is -2.27. The summed E-state index contributed by atoms with van der Waals surface area (Å²) < 4.78 is 11.3. The summed E-state index contributed by atoms with van der Waals surface area (Å²) in [6.45, 7) is 2.19. The van der Waals surface area contributed by atoms with Crippen LogP contribution in [-0.2, 0) is 4.74 Å². The number of aromatic nitrogens is 1. The molecule has 1 fully saturated rings. The molecular formula is C27H23N3O4. The normalized spacial score (nSPS) is 13.5. The van der Waals surface area contributed by atoms with E-state index in [9.17, 15) is 9.59 Å². The van der Waals surface area contributed by atoms with Crippen molar-refractivity contribution in [2.45, 2.75) is 0 Å². The van der Waals surface area contributed by atoms with Gasteiger partial charge in [0.2, 0.25) is 5.89 Å². The molecule has 1 aliphatic rings. The second-order valence-electron chi connectivity index (χ2n) is 7.88. The topological polar surface area (TPSA) is 84.7 Å². The van der Waals surface area contributed by atoms with Crippen LogP contribution >= 0.6 is 0 Å². The van der Waals surface area contributed by atoms with Gasteiger partial charge in [-0.05, 0) is 30.3 Å². The number of anilines is 1. The standard InChI is InChI=1S/C27H23N3O4/c31-25(29-21-10-6-9-20(17-21)27(32)30-13-15-33-16-14-30)22-11-4-5-12-23(22)26-28-18-24(34-26)19-7-2-1-3-8-19/h1-12,17-18H,13-16H2,(H,29,31). The Hall–Kier alpha value is -4.23. The molecule has 1 aliphatic heterocycles. The second-order valence-corrected chi connectivity index (χ2v) is 7.88. The van der Waals surface area contributed by atoms with Crippen LogP contribution < -0.4 is 5.32 Å². The van der Waals surface area contributed by atoms with E-state index in [1.807, 2.05) is 36.4 Å². The molecular weight excluding hydrogens is 430 g/mol. The molecule has 3 aromatic carbocycles. The molecule has 0 bridgehead atoms. The van der Waals surface area contributed by atoms with E-state index < -0.39 is 0 Å². The van der Waals surface area contributed by atoms with Crippen molar-refractivity contribution in [2.24, 2.45) is 0 Å². The van der Waals surface area contributed by atoms with E-state index in [0.717, 1.165) is 5.56 Å². The monoisotopic (exact) mass is 453 g/mol. The summed E-state index contributed by atoms with van der Waals surface area (Å²) in [5.41, 5.74) is 2.98. The van der Waals surface area contributed by atoms with Crippen molar-refractivity contribution < 1.29 is 18.7 Å². The van der Waals surface area contributed by atoms with E-state index in [-0.39, 0.29) is 11.8 Å². The van der Waals surface area contributed by atoms with Crippen molar-refractivity contribution in [1.82, 2.24) is 9.88 Å². The molecule has 1 saturated heterocycles. The summed E-state index contributed by atoms with van der Waals surface area (Å²) in [5.74, 6) is 0.597. The fraction of sp³-hybridized carbons (Fsp3) is 0.148. The van der Waals surface area contributed by atoms with E-state index in [2.05, 4.69) is 10.3 Å². The molecule has 2 amide bonds. The quantitative estimate of drug-likeness (QED) is 0.472. The molecule has 0 unspecified atom stereocenters. The Labute approximate surface area is 197 Å². The number of hydrogen-bond acceptors (Lipinski definition) is 5. The molecule has 0 spiro atoms. The summed E-state index contributed by atoms with van der Waals surface area (Å²) in [6, 6.07) is 23.8. The summed E-state index contributed by atoms with van der Waals surface area (Å²) in [7, 11) is 0. The maximum absolute atomic E-state index is 13.2. The molecule has 0 saturated carbocycles.